The number of fused-ring (bicyclic) bond motifs is 2. The molecule has 0 aliphatic carbocycles. The van der Waals surface area contributed by atoms with Crippen molar-refractivity contribution in [2.75, 3.05) is 31.2 Å². The van der Waals surface area contributed by atoms with E-state index in [2.05, 4.69) is 21.7 Å². The third-order valence-electron chi connectivity index (χ3n) is 4.72. The van der Waals surface area contributed by atoms with Gasteiger partial charge in [0.05, 0.1) is 16.6 Å². The van der Waals surface area contributed by atoms with Crippen LogP contribution in [-0.4, -0.2) is 31.2 Å². The average Bonchev–Trinajstić information content (AvgIpc) is 3.31. The number of furan rings is 1. The molecule has 3 aromatic heterocycles. The summed E-state index contributed by atoms with van der Waals surface area (Å²) < 4.78 is 11.1. The molecule has 0 aliphatic rings. The van der Waals surface area contributed by atoms with E-state index in [1.54, 1.807) is 0 Å². The number of ether oxygens (including phenoxy) is 1. The highest BCUT2D eigenvalue weighted by Gasteiger charge is 2.25. The summed E-state index contributed by atoms with van der Waals surface area (Å²) in [6.45, 7) is 1.43. The van der Waals surface area contributed by atoms with Crippen LogP contribution in [0.2, 0.25) is 0 Å². The SMILES string of the molecule is CNCCCNc1nc2sc(OC(N)=O)c(N)c2c(-c2cc3ccccc3o2)c1C#N. The molecule has 0 saturated heterocycles. The zero-order chi connectivity index (χ0) is 22.0. The number of hydrogen-bond acceptors (Lipinski definition) is 9. The summed E-state index contributed by atoms with van der Waals surface area (Å²) >= 11 is 1.08. The zero-order valence-electron chi connectivity index (χ0n) is 16.7. The summed E-state index contributed by atoms with van der Waals surface area (Å²) in [6, 6.07) is 11.6. The lowest BCUT2D eigenvalue weighted by Gasteiger charge is -2.11. The largest absolute Gasteiger partial charge is 0.456 e. The molecule has 1 amide bonds. The molecule has 0 fully saturated rings. The van der Waals surface area contributed by atoms with Crippen molar-refractivity contribution in [3.8, 4) is 22.5 Å². The number of amides is 1. The Morgan fingerprint density at radius 1 is 1.35 bits per heavy atom. The average molecular weight is 436 g/mol. The summed E-state index contributed by atoms with van der Waals surface area (Å²) in [4.78, 5) is 16.4. The van der Waals surface area contributed by atoms with E-state index in [0.29, 0.717) is 45.0 Å². The molecular formula is C21H20N6O3S. The number of thiophene rings is 1. The number of carbonyl (C=O) groups excluding carboxylic acids is 1. The number of rotatable bonds is 7. The van der Waals surface area contributed by atoms with Gasteiger partial charge < -0.3 is 31.3 Å². The van der Waals surface area contributed by atoms with E-state index in [1.807, 2.05) is 37.4 Å². The molecule has 0 spiro atoms. The molecule has 0 aliphatic heterocycles. The molecule has 0 radical (unpaired) electrons. The van der Waals surface area contributed by atoms with Gasteiger partial charge in [-0.05, 0) is 32.1 Å². The fourth-order valence-corrected chi connectivity index (χ4v) is 4.32. The second-order valence-electron chi connectivity index (χ2n) is 6.76. The number of nitrogens with two attached hydrogens (primary N) is 2. The normalized spacial score (nSPS) is 11.0. The number of para-hydroxylation sites is 1. The van der Waals surface area contributed by atoms with Crippen LogP contribution in [0.1, 0.15) is 12.0 Å². The maximum Gasteiger partial charge on any atom is 0.410 e. The minimum Gasteiger partial charge on any atom is -0.456 e. The Hall–Kier alpha value is -3.81. The van der Waals surface area contributed by atoms with Crippen molar-refractivity contribution in [2.45, 2.75) is 6.42 Å². The van der Waals surface area contributed by atoms with Crippen LogP contribution in [0.4, 0.5) is 16.3 Å². The van der Waals surface area contributed by atoms with E-state index in [-0.39, 0.29) is 10.8 Å². The molecule has 31 heavy (non-hydrogen) atoms. The summed E-state index contributed by atoms with van der Waals surface area (Å²) in [6.07, 6.45) is -0.140. The first-order valence-electron chi connectivity index (χ1n) is 9.54. The predicted octanol–water partition coefficient (Wildman–Crippen LogP) is 3.64. The second kappa shape index (κ2) is 8.51. The van der Waals surface area contributed by atoms with Gasteiger partial charge in [-0.1, -0.05) is 29.5 Å². The summed E-state index contributed by atoms with van der Waals surface area (Å²) in [5.74, 6) is 0.881. The topological polar surface area (TPSA) is 152 Å². The van der Waals surface area contributed by atoms with Crippen LogP contribution in [0.5, 0.6) is 5.06 Å². The molecule has 0 bridgehead atoms. The van der Waals surface area contributed by atoms with Crippen LogP contribution < -0.4 is 26.8 Å². The maximum atomic E-state index is 11.3. The Kier molecular flexibility index (Phi) is 5.62. The minimum absolute atomic E-state index is 0.128. The van der Waals surface area contributed by atoms with Gasteiger partial charge in [0.25, 0.3) is 0 Å². The number of nitrogen functional groups attached to an aromatic ring is 1. The first-order valence-corrected chi connectivity index (χ1v) is 10.4. The third-order valence-corrected chi connectivity index (χ3v) is 5.69. The number of carbonyl (C=O) groups is 1. The number of anilines is 2. The van der Waals surface area contributed by atoms with Gasteiger partial charge in [0.1, 0.15) is 33.6 Å². The number of benzene rings is 1. The molecule has 1 aromatic carbocycles. The van der Waals surface area contributed by atoms with Gasteiger partial charge in [-0.2, -0.15) is 5.26 Å². The van der Waals surface area contributed by atoms with Crippen molar-refractivity contribution in [1.82, 2.24) is 10.3 Å². The summed E-state index contributed by atoms with van der Waals surface area (Å²) in [5.41, 5.74) is 13.1. The van der Waals surface area contributed by atoms with Crippen molar-refractivity contribution in [3.05, 3.63) is 35.9 Å². The number of nitriles is 1. The summed E-state index contributed by atoms with van der Waals surface area (Å²) in [7, 11) is 1.87. The van der Waals surface area contributed by atoms with Crippen LogP contribution in [0.15, 0.2) is 34.7 Å². The first kappa shape index (κ1) is 20.5. The second-order valence-corrected chi connectivity index (χ2v) is 7.72. The standard InChI is InChI=1S/C21H20N6O3S/c1-25-7-4-8-26-18-12(10-22)15(14-9-11-5-2-3-6-13(11)29-14)16-17(23)20(30-21(24)28)31-19(16)27-18/h2-3,5-6,9,25H,4,7-8,23H2,1H3,(H2,24,28)(H,26,27). The summed E-state index contributed by atoms with van der Waals surface area (Å²) in [5, 5.41) is 17.8. The van der Waals surface area contributed by atoms with E-state index in [9.17, 15) is 10.1 Å². The van der Waals surface area contributed by atoms with Gasteiger partial charge >= 0.3 is 6.09 Å². The zero-order valence-corrected chi connectivity index (χ0v) is 17.5. The Morgan fingerprint density at radius 2 is 2.16 bits per heavy atom. The van der Waals surface area contributed by atoms with Crippen LogP contribution in [0.3, 0.4) is 0 Å². The molecule has 0 saturated carbocycles. The lowest BCUT2D eigenvalue weighted by molar-refractivity contribution is 0.212. The monoisotopic (exact) mass is 436 g/mol. The van der Waals surface area contributed by atoms with Crippen molar-refractivity contribution in [1.29, 1.82) is 5.26 Å². The smallest absolute Gasteiger partial charge is 0.410 e. The highest BCUT2D eigenvalue weighted by molar-refractivity contribution is 7.21. The molecule has 10 heteroatoms. The molecule has 9 nitrogen and oxygen atoms in total. The predicted molar refractivity (Wildman–Crippen MR) is 121 cm³/mol. The van der Waals surface area contributed by atoms with Gasteiger partial charge in [0.2, 0.25) is 5.06 Å². The quantitative estimate of drug-likeness (QED) is 0.320. The molecule has 3 heterocycles. The van der Waals surface area contributed by atoms with Gasteiger partial charge in [-0.25, -0.2) is 9.78 Å². The number of nitrogens with zero attached hydrogens (tertiary/aromatic N) is 2. The fraction of sp³-hybridized carbons (Fsp3) is 0.190. The van der Waals surface area contributed by atoms with E-state index in [1.165, 1.54) is 0 Å². The molecule has 158 valence electrons. The van der Waals surface area contributed by atoms with Crippen LogP contribution in [0.25, 0.3) is 32.5 Å². The number of aromatic nitrogens is 1. The molecule has 0 unspecified atom stereocenters. The Balaban J connectivity index is 1.96. The van der Waals surface area contributed by atoms with Crippen molar-refractivity contribution < 1.29 is 13.9 Å². The van der Waals surface area contributed by atoms with Crippen LogP contribution >= 0.6 is 11.3 Å². The van der Waals surface area contributed by atoms with Crippen LogP contribution in [-0.2, 0) is 0 Å². The molecule has 4 aromatic rings. The minimum atomic E-state index is -0.977. The maximum absolute atomic E-state index is 11.3. The Bertz CT molecular complexity index is 1290. The van der Waals surface area contributed by atoms with E-state index in [0.717, 1.165) is 29.7 Å². The lowest BCUT2D eigenvalue weighted by Crippen LogP contribution is -2.16. The first-order chi connectivity index (χ1) is 15.0. The van der Waals surface area contributed by atoms with Crippen molar-refractivity contribution in [2.24, 2.45) is 5.73 Å². The number of pyridine rings is 1. The van der Waals surface area contributed by atoms with Crippen molar-refractivity contribution in [3.63, 3.8) is 0 Å². The molecule has 0 atom stereocenters. The van der Waals surface area contributed by atoms with Gasteiger partial charge in [-0.15, -0.1) is 0 Å². The molecule has 4 rings (SSSR count). The Labute approximate surface area is 181 Å². The molecular weight excluding hydrogens is 416 g/mol. The lowest BCUT2D eigenvalue weighted by atomic mass is 10.0. The Morgan fingerprint density at radius 3 is 2.87 bits per heavy atom. The van der Waals surface area contributed by atoms with Gasteiger partial charge in [0, 0.05) is 11.9 Å². The van der Waals surface area contributed by atoms with Gasteiger partial charge in [0.15, 0.2) is 0 Å². The van der Waals surface area contributed by atoms with E-state index >= 15 is 0 Å². The van der Waals surface area contributed by atoms with Crippen LogP contribution in [0, 0.1) is 11.3 Å². The van der Waals surface area contributed by atoms with Gasteiger partial charge in [-0.3, -0.25) is 0 Å². The highest BCUT2D eigenvalue weighted by atomic mass is 32.1. The fourth-order valence-electron chi connectivity index (χ4n) is 3.36. The number of nitrogens with one attached hydrogen (secondary N) is 2. The van der Waals surface area contributed by atoms with E-state index in [4.69, 9.17) is 20.6 Å². The number of hydrogen-bond donors (Lipinski definition) is 4. The molecule has 6 N–H and O–H groups in total. The van der Waals surface area contributed by atoms with Crippen molar-refractivity contribution >= 4 is 50.1 Å². The number of primary amides is 1. The van der Waals surface area contributed by atoms with E-state index < -0.39 is 6.09 Å². The third kappa shape index (κ3) is 3.84. The highest BCUT2D eigenvalue weighted by Crippen LogP contribution is 2.47.